The molecule has 1 aromatic carbocycles. The monoisotopic (exact) mass is 422 g/mol. The van der Waals surface area contributed by atoms with Gasteiger partial charge < -0.3 is 19.1 Å². The summed E-state index contributed by atoms with van der Waals surface area (Å²) in [5, 5.41) is 0. The molecule has 162 valence electrons. The third-order valence-electron chi connectivity index (χ3n) is 6.18. The zero-order valence-electron chi connectivity index (χ0n) is 17.7. The molecule has 7 nitrogen and oxygen atoms in total. The van der Waals surface area contributed by atoms with E-state index < -0.39 is 17.5 Å². The number of aliphatic imine (C=N–C) groups is 1. The smallest absolute Gasteiger partial charge is 0.333 e. The van der Waals surface area contributed by atoms with E-state index in [1.165, 1.54) is 11.1 Å². The Hall–Kier alpha value is -3.11. The van der Waals surface area contributed by atoms with Gasteiger partial charge in [0.2, 0.25) is 5.60 Å². The molecule has 0 N–H and O–H groups in total. The number of carbonyl (C=O) groups excluding carboxylic acids is 2. The third kappa shape index (κ3) is 3.72. The Bertz CT molecular complexity index is 984. The van der Waals surface area contributed by atoms with Gasteiger partial charge in [-0.2, -0.15) is 4.99 Å². The Labute approximate surface area is 182 Å². The SMILES string of the molecule is C#CC[C@]1(CC(=C)C(=O)OCC)OC(N2CCC3(CC2)OCc2ccccc23)=NC1=O. The highest BCUT2D eigenvalue weighted by Gasteiger charge is 2.50. The number of ether oxygens (including phenoxy) is 3. The molecule has 1 spiro atoms. The summed E-state index contributed by atoms with van der Waals surface area (Å²) in [4.78, 5) is 30.9. The summed E-state index contributed by atoms with van der Waals surface area (Å²) in [6.07, 6.45) is 6.96. The zero-order chi connectivity index (χ0) is 22.1. The van der Waals surface area contributed by atoms with Crippen molar-refractivity contribution in [2.24, 2.45) is 4.99 Å². The number of hydrogen-bond donors (Lipinski definition) is 0. The summed E-state index contributed by atoms with van der Waals surface area (Å²) in [7, 11) is 0. The number of carbonyl (C=O) groups is 2. The van der Waals surface area contributed by atoms with E-state index in [0.717, 1.165) is 12.8 Å². The van der Waals surface area contributed by atoms with E-state index in [2.05, 4.69) is 29.6 Å². The zero-order valence-corrected chi connectivity index (χ0v) is 17.7. The van der Waals surface area contributed by atoms with Gasteiger partial charge in [-0.15, -0.1) is 12.3 Å². The first-order chi connectivity index (χ1) is 14.9. The Kier molecular flexibility index (Phi) is 5.59. The third-order valence-corrected chi connectivity index (χ3v) is 6.18. The Morgan fingerprint density at radius 2 is 2.10 bits per heavy atom. The first kappa shape index (κ1) is 21.1. The largest absolute Gasteiger partial charge is 0.463 e. The fraction of sp³-hybridized carbons (Fsp3) is 0.458. The highest BCUT2D eigenvalue weighted by atomic mass is 16.5. The van der Waals surface area contributed by atoms with Gasteiger partial charge in [0.15, 0.2) is 0 Å². The second kappa shape index (κ2) is 8.20. The molecule has 1 aromatic rings. The lowest BCUT2D eigenvalue weighted by molar-refractivity contribution is -0.139. The fourth-order valence-electron chi connectivity index (χ4n) is 4.52. The first-order valence-corrected chi connectivity index (χ1v) is 10.5. The molecule has 0 radical (unpaired) electrons. The predicted molar refractivity (Wildman–Crippen MR) is 114 cm³/mol. The highest BCUT2D eigenvalue weighted by molar-refractivity contribution is 6.02. The van der Waals surface area contributed by atoms with Crippen LogP contribution in [0.1, 0.15) is 43.7 Å². The maximum atomic E-state index is 12.8. The van der Waals surface area contributed by atoms with Gasteiger partial charge in [-0.05, 0) is 30.9 Å². The van der Waals surface area contributed by atoms with Crippen molar-refractivity contribution in [3.63, 3.8) is 0 Å². The van der Waals surface area contributed by atoms with Gasteiger partial charge in [0.05, 0.1) is 25.2 Å². The Balaban J connectivity index is 1.45. The van der Waals surface area contributed by atoms with Gasteiger partial charge in [0.25, 0.3) is 11.9 Å². The van der Waals surface area contributed by atoms with E-state index >= 15 is 0 Å². The minimum Gasteiger partial charge on any atom is -0.463 e. The van der Waals surface area contributed by atoms with Crippen LogP contribution in [0.25, 0.3) is 0 Å². The standard InChI is InChI=1S/C24H26N2O5/c1-4-10-24(15-17(3)20(27)29-5-2)21(28)25-22(31-24)26-13-11-23(12-14-26)19-9-7-6-8-18(19)16-30-23/h1,6-9H,3,5,10-16H2,2H3/t24-/m1/s1. The predicted octanol–water partition coefficient (Wildman–Crippen LogP) is 2.69. The van der Waals surface area contributed by atoms with Crippen molar-refractivity contribution in [3.8, 4) is 12.3 Å². The van der Waals surface area contributed by atoms with Crippen molar-refractivity contribution in [1.29, 1.82) is 0 Å². The second-order valence-corrected chi connectivity index (χ2v) is 8.10. The van der Waals surface area contributed by atoms with Gasteiger partial charge in [0, 0.05) is 25.1 Å². The van der Waals surface area contributed by atoms with E-state index in [4.69, 9.17) is 20.6 Å². The van der Waals surface area contributed by atoms with Gasteiger partial charge in [-0.25, -0.2) is 4.79 Å². The average molecular weight is 422 g/mol. The molecule has 31 heavy (non-hydrogen) atoms. The summed E-state index contributed by atoms with van der Waals surface area (Å²) in [5.74, 6) is 1.42. The van der Waals surface area contributed by atoms with Crippen LogP contribution in [-0.4, -0.2) is 48.1 Å². The van der Waals surface area contributed by atoms with Crippen molar-refractivity contribution in [2.45, 2.75) is 50.4 Å². The molecule has 4 rings (SSSR count). The number of amides is 1. The molecule has 0 unspecified atom stereocenters. The summed E-state index contributed by atoms with van der Waals surface area (Å²) < 4.78 is 17.2. The van der Waals surface area contributed by atoms with Gasteiger partial charge in [-0.1, -0.05) is 30.8 Å². The number of piperidine rings is 1. The maximum Gasteiger partial charge on any atom is 0.333 e. The molecule has 3 aliphatic heterocycles. The number of terminal acetylenes is 1. The second-order valence-electron chi connectivity index (χ2n) is 8.10. The van der Waals surface area contributed by atoms with E-state index in [1.54, 1.807) is 6.92 Å². The fourth-order valence-corrected chi connectivity index (χ4v) is 4.52. The number of nitrogens with zero attached hydrogens (tertiary/aromatic N) is 2. The van der Waals surface area contributed by atoms with Crippen LogP contribution < -0.4 is 0 Å². The molecular formula is C24H26N2O5. The minimum absolute atomic E-state index is 0.00841. The van der Waals surface area contributed by atoms with Crippen molar-refractivity contribution in [1.82, 2.24) is 4.90 Å². The average Bonchev–Trinajstić information content (AvgIpc) is 3.28. The number of fused-ring (bicyclic) bond motifs is 2. The number of likely N-dealkylation sites (tertiary alicyclic amines) is 1. The highest BCUT2D eigenvalue weighted by Crippen LogP contribution is 2.44. The minimum atomic E-state index is -1.42. The lowest BCUT2D eigenvalue weighted by Crippen LogP contribution is -2.47. The summed E-state index contributed by atoms with van der Waals surface area (Å²) in [6.45, 7) is 7.55. The maximum absolute atomic E-state index is 12.8. The van der Waals surface area contributed by atoms with E-state index in [-0.39, 0.29) is 36.6 Å². The number of esters is 1. The molecule has 0 aliphatic carbocycles. The van der Waals surface area contributed by atoms with E-state index in [9.17, 15) is 9.59 Å². The number of rotatable bonds is 5. The molecule has 1 fully saturated rings. The molecule has 1 amide bonds. The van der Waals surface area contributed by atoms with Crippen LogP contribution in [0.2, 0.25) is 0 Å². The lowest BCUT2D eigenvalue weighted by Gasteiger charge is -2.40. The molecule has 1 saturated heterocycles. The molecule has 0 bridgehead atoms. The number of benzene rings is 1. The van der Waals surface area contributed by atoms with Gasteiger partial charge in [0.1, 0.15) is 0 Å². The van der Waals surface area contributed by atoms with Crippen LogP contribution >= 0.6 is 0 Å². The summed E-state index contributed by atoms with van der Waals surface area (Å²) >= 11 is 0. The molecule has 3 aliphatic rings. The van der Waals surface area contributed by atoms with E-state index in [1.807, 2.05) is 17.0 Å². The molecule has 3 heterocycles. The van der Waals surface area contributed by atoms with Gasteiger partial charge in [-0.3, -0.25) is 4.79 Å². The summed E-state index contributed by atoms with van der Waals surface area (Å²) in [6, 6.07) is 8.54. The van der Waals surface area contributed by atoms with Crippen LogP contribution in [0.4, 0.5) is 0 Å². The lowest BCUT2D eigenvalue weighted by atomic mass is 9.84. The number of amidine groups is 1. The topological polar surface area (TPSA) is 77.4 Å². The van der Waals surface area contributed by atoms with Crippen molar-refractivity contribution in [2.75, 3.05) is 19.7 Å². The van der Waals surface area contributed by atoms with Crippen LogP contribution in [0.3, 0.4) is 0 Å². The molecular weight excluding hydrogens is 396 g/mol. The first-order valence-electron chi connectivity index (χ1n) is 10.5. The van der Waals surface area contributed by atoms with Crippen LogP contribution in [0, 0.1) is 12.3 Å². The van der Waals surface area contributed by atoms with Crippen LogP contribution in [-0.2, 0) is 36.0 Å². The number of hydrogen-bond acceptors (Lipinski definition) is 6. The van der Waals surface area contributed by atoms with Gasteiger partial charge >= 0.3 is 5.97 Å². The molecule has 0 aromatic heterocycles. The normalized spacial score (nSPS) is 23.7. The van der Waals surface area contributed by atoms with Crippen LogP contribution in [0.5, 0.6) is 0 Å². The van der Waals surface area contributed by atoms with Crippen molar-refractivity contribution in [3.05, 3.63) is 47.5 Å². The Morgan fingerprint density at radius 3 is 2.81 bits per heavy atom. The quantitative estimate of drug-likeness (QED) is 0.413. The molecule has 0 saturated carbocycles. The summed E-state index contributed by atoms with van der Waals surface area (Å²) in [5.41, 5.74) is 0.887. The van der Waals surface area contributed by atoms with Crippen LogP contribution in [0.15, 0.2) is 41.4 Å². The van der Waals surface area contributed by atoms with Crippen molar-refractivity contribution >= 4 is 17.9 Å². The Morgan fingerprint density at radius 1 is 1.35 bits per heavy atom. The van der Waals surface area contributed by atoms with E-state index in [0.29, 0.717) is 19.7 Å². The molecule has 1 atom stereocenters. The molecule has 7 heteroatoms. The van der Waals surface area contributed by atoms with Crippen molar-refractivity contribution < 1.29 is 23.8 Å².